The number of Topliss-reactive ketones (excluding diaryl/α,β-unsaturated/α-hetero) is 2. The van der Waals surface area contributed by atoms with Gasteiger partial charge in [-0.1, -0.05) is 29.8 Å². The van der Waals surface area contributed by atoms with Crippen molar-refractivity contribution >= 4 is 94.7 Å². The molecule has 0 spiro atoms. The zero-order chi connectivity index (χ0) is 46.4. The molecule has 4 heterocycles. The molecule has 0 bridgehead atoms. The van der Waals surface area contributed by atoms with E-state index in [0.717, 1.165) is 29.1 Å². The lowest BCUT2D eigenvalue weighted by molar-refractivity contribution is -0.165. The number of aromatic nitrogens is 4. The van der Waals surface area contributed by atoms with Crippen molar-refractivity contribution < 1.29 is 66.7 Å². The number of nitrogens with zero attached hydrogens (tertiary/aromatic N) is 4. The Balaban J connectivity index is 0.000000364. The summed E-state index contributed by atoms with van der Waals surface area (Å²) in [5.74, 6) is -4.57. The molecule has 0 aliphatic heterocycles. The largest absolute Gasteiger partial charge is 0.477 e. The van der Waals surface area contributed by atoms with Crippen LogP contribution in [0.5, 0.6) is 23.5 Å². The molecule has 4 aromatic rings. The Labute approximate surface area is 370 Å². The Hall–Kier alpha value is -5.02. The number of ether oxygens (including phenoxy) is 8. The van der Waals surface area contributed by atoms with Crippen LogP contribution < -0.4 is 18.9 Å². The van der Waals surface area contributed by atoms with Gasteiger partial charge in [-0.05, 0) is 66.5 Å². The van der Waals surface area contributed by atoms with Crippen LogP contribution in [0.2, 0.25) is 0 Å². The molecule has 0 aliphatic rings. The third-order valence-corrected chi connectivity index (χ3v) is 10.8. The van der Waals surface area contributed by atoms with Crippen molar-refractivity contribution in [1.82, 2.24) is 19.9 Å². The van der Waals surface area contributed by atoms with Crippen LogP contribution in [0.15, 0.2) is 12.1 Å². The molecule has 4 aromatic heterocycles. The standard InChI is InChI=1S/C20H26N2O7S.C15H18N2O5S.C5H9BrO2/c1-8-10(18(24)28-7)13(19(25)29-20(2,3)4)14(23)12-9-11-17(30-12)22-16(27-6)15(21-11)26-5;1-15(2,3)22-11(19)7-9(18)10-6-8-14(23-10)17-13(21-5)12(16-8)20-4;1-3-4(6)5(7)8-2/h9-10,13H,8H2,1-7H3;6H,7H2,1-5H3;4H,3H2,1-2H3. The second-order valence-electron chi connectivity index (χ2n) is 14.6. The van der Waals surface area contributed by atoms with E-state index in [1.807, 2.05) is 6.92 Å². The van der Waals surface area contributed by atoms with Gasteiger partial charge in [-0.25, -0.2) is 9.97 Å². The number of fused-ring (bicyclic) bond motifs is 2. The van der Waals surface area contributed by atoms with Gasteiger partial charge >= 0.3 is 23.9 Å². The van der Waals surface area contributed by atoms with E-state index >= 15 is 0 Å². The SMILES string of the molecule is CCC(Br)C(=O)OC.CCC(C(=O)OC)C(C(=O)OC(C)(C)C)C(=O)c1cc2nc(OC)c(OC)nc2s1.COc1nc2cc(C(=O)CC(=O)OC(C)(C)C)sc2nc1OC. The van der Waals surface area contributed by atoms with E-state index in [-0.39, 0.29) is 57.8 Å². The fraction of sp³-hybridized carbons (Fsp3) is 0.550. The lowest BCUT2D eigenvalue weighted by Gasteiger charge is -2.26. The number of thiophene rings is 2. The average molecular weight is 958 g/mol. The van der Waals surface area contributed by atoms with Gasteiger partial charge in [-0.2, -0.15) is 9.97 Å². The molecule has 0 amide bonds. The van der Waals surface area contributed by atoms with Gasteiger partial charge in [-0.15, -0.1) is 22.7 Å². The first-order valence-electron chi connectivity index (χ1n) is 18.6. The number of carbonyl (C=O) groups excluding carboxylic acids is 6. The number of methoxy groups -OCH3 is 6. The van der Waals surface area contributed by atoms with Crippen LogP contribution in [0.3, 0.4) is 0 Å². The molecule has 21 heteroatoms. The Bertz CT molecular complexity index is 2100. The maximum atomic E-state index is 13.4. The minimum atomic E-state index is -1.35. The van der Waals surface area contributed by atoms with Gasteiger partial charge in [0.15, 0.2) is 11.6 Å². The highest BCUT2D eigenvalue weighted by molar-refractivity contribution is 9.10. The predicted molar refractivity (Wildman–Crippen MR) is 230 cm³/mol. The highest BCUT2D eigenvalue weighted by Gasteiger charge is 2.42. The second-order valence-corrected chi connectivity index (χ2v) is 17.8. The smallest absolute Gasteiger partial charge is 0.319 e. The minimum Gasteiger partial charge on any atom is -0.477 e. The molecule has 0 saturated carbocycles. The zero-order valence-electron chi connectivity index (χ0n) is 36.7. The van der Waals surface area contributed by atoms with Crippen molar-refractivity contribution in [2.45, 2.75) is 90.7 Å². The predicted octanol–water partition coefficient (Wildman–Crippen LogP) is 7.00. The summed E-state index contributed by atoms with van der Waals surface area (Å²) in [6.45, 7) is 13.9. The van der Waals surface area contributed by atoms with Crippen molar-refractivity contribution in [2.75, 3.05) is 42.7 Å². The number of hydrogen-bond acceptors (Lipinski definition) is 20. The van der Waals surface area contributed by atoms with Gasteiger partial charge in [0.1, 0.15) is 49.1 Å². The molecule has 0 aromatic carbocycles. The summed E-state index contributed by atoms with van der Waals surface area (Å²) >= 11 is 5.32. The average Bonchev–Trinajstić information content (AvgIpc) is 3.83. The van der Waals surface area contributed by atoms with Crippen molar-refractivity contribution in [3.63, 3.8) is 0 Å². The number of hydrogen-bond donors (Lipinski definition) is 0. The van der Waals surface area contributed by atoms with Crippen LogP contribution >= 0.6 is 38.6 Å². The van der Waals surface area contributed by atoms with E-state index in [9.17, 15) is 28.8 Å². The van der Waals surface area contributed by atoms with Crippen molar-refractivity contribution in [1.29, 1.82) is 0 Å². The van der Waals surface area contributed by atoms with Crippen molar-refractivity contribution in [3.05, 3.63) is 21.9 Å². The Morgan fingerprint density at radius 2 is 1.03 bits per heavy atom. The third kappa shape index (κ3) is 15.1. The molecule has 0 aliphatic carbocycles. The number of halogens is 1. The summed E-state index contributed by atoms with van der Waals surface area (Å²) in [5, 5.41) is 0. The second kappa shape index (κ2) is 23.3. The summed E-state index contributed by atoms with van der Waals surface area (Å²) in [6.07, 6.45) is 0.677. The maximum absolute atomic E-state index is 13.4. The quantitative estimate of drug-likeness (QED) is 0.0384. The maximum Gasteiger partial charge on any atom is 0.319 e. The fourth-order valence-corrected chi connectivity index (χ4v) is 7.04. The van der Waals surface area contributed by atoms with E-state index in [4.69, 9.17) is 33.2 Å². The van der Waals surface area contributed by atoms with Crippen LogP contribution in [-0.2, 0) is 38.1 Å². The summed E-state index contributed by atoms with van der Waals surface area (Å²) in [6, 6.07) is 3.10. The van der Waals surface area contributed by atoms with Crippen LogP contribution in [-0.4, -0.2) is 114 Å². The number of rotatable bonds is 15. The van der Waals surface area contributed by atoms with Crippen LogP contribution in [0.25, 0.3) is 20.7 Å². The number of ketones is 2. The first-order valence-corrected chi connectivity index (χ1v) is 21.2. The molecule has 0 N–H and O–H groups in total. The van der Waals surface area contributed by atoms with Gasteiger partial charge in [0, 0.05) is 0 Å². The Kier molecular flexibility index (Phi) is 19.9. The molecule has 0 fully saturated rings. The third-order valence-electron chi connectivity index (χ3n) is 7.72. The zero-order valence-corrected chi connectivity index (χ0v) is 39.9. The molecule has 3 unspecified atom stereocenters. The molecule has 336 valence electrons. The lowest BCUT2D eigenvalue weighted by atomic mass is 9.85. The van der Waals surface area contributed by atoms with Gasteiger partial charge in [-0.3, -0.25) is 28.8 Å². The number of esters is 4. The van der Waals surface area contributed by atoms with E-state index in [1.165, 1.54) is 48.7 Å². The van der Waals surface area contributed by atoms with Gasteiger partial charge in [0.05, 0.1) is 58.3 Å². The van der Waals surface area contributed by atoms with E-state index in [2.05, 4.69) is 40.6 Å². The summed E-state index contributed by atoms with van der Waals surface area (Å²) in [5.41, 5.74) is -0.523. The van der Waals surface area contributed by atoms with Crippen molar-refractivity contribution in [2.24, 2.45) is 11.8 Å². The number of carbonyl (C=O) groups is 6. The molecule has 3 atom stereocenters. The molecule has 0 saturated heterocycles. The van der Waals surface area contributed by atoms with Crippen LogP contribution in [0, 0.1) is 11.8 Å². The summed E-state index contributed by atoms with van der Waals surface area (Å²) < 4.78 is 40.3. The van der Waals surface area contributed by atoms with E-state index in [1.54, 1.807) is 54.5 Å². The Morgan fingerprint density at radius 3 is 1.41 bits per heavy atom. The molecule has 61 heavy (non-hydrogen) atoms. The molecule has 0 radical (unpaired) electrons. The topological polar surface area (TPSA) is 228 Å². The van der Waals surface area contributed by atoms with Crippen LogP contribution in [0.4, 0.5) is 0 Å². The van der Waals surface area contributed by atoms with Gasteiger partial charge in [0.2, 0.25) is 0 Å². The molecule has 18 nitrogen and oxygen atoms in total. The van der Waals surface area contributed by atoms with E-state index in [0.29, 0.717) is 25.6 Å². The minimum absolute atomic E-state index is 0.132. The van der Waals surface area contributed by atoms with Crippen molar-refractivity contribution in [3.8, 4) is 23.5 Å². The highest BCUT2D eigenvalue weighted by Crippen LogP contribution is 2.34. The van der Waals surface area contributed by atoms with Crippen LogP contribution in [0.1, 0.15) is 94.0 Å². The normalized spacial score (nSPS) is 12.6. The summed E-state index contributed by atoms with van der Waals surface area (Å²) in [7, 11) is 8.37. The monoisotopic (exact) mass is 956 g/mol. The molecule has 4 rings (SSSR count). The highest BCUT2D eigenvalue weighted by atomic mass is 79.9. The Morgan fingerprint density at radius 1 is 0.607 bits per heavy atom. The fourth-order valence-electron chi connectivity index (χ4n) is 5.00. The molecular formula is C40H53BrN4O14S2. The first kappa shape index (κ1) is 52.1. The van der Waals surface area contributed by atoms with E-state index < -0.39 is 46.7 Å². The summed E-state index contributed by atoms with van der Waals surface area (Å²) in [4.78, 5) is 91.5. The number of alkyl halides is 1. The van der Waals surface area contributed by atoms with Gasteiger partial charge < -0.3 is 37.9 Å². The first-order chi connectivity index (χ1) is 28.5. The lowest BCUT2D eigenvalue weighted by Crippen LogP contribution is -2.40. The molecular weight excluding hydrogens is 904 g/mol. The van der Waals surface area contributed by atoms with Gasteiger partial charge in [0.25, 0.3) is 23.5 Å².